The number of aliphatic hydroxyl groups excluding tert-OH is 1. The number of carbonyl (C=O) groups is 2. The number of carbonyl (C=O) groups excluding carboxylic acids is 2. The van der Waals surface area contributed by atoms with Crippen LogP contribution in [-0.2, 0) is 9.59 Å². The molecule has 126 valence electrons. The van der Waals surface area contributed by atoms with Crippen LogP contribution in [-0.4, -0.2) is 29.0 Å². The summed E-state index contributed by atoms with van der Waals surface area (Å²) in [6.45, 7) is 2.18. The lowest BCUT2D eigenvalue weighted by Crippen LogP contribution is -2.59. The quantitative estimate of drug-likeness (QED) is 0.780. The number of hydrogen-bond donors (Lipinski definition) is 2. The summed E-state index contributed by atoms with van der Waals surface area (Å²) in [7, 11) is 0. The van der Waals surface area contributed by atoms with Gasteiger partial charge in [0.2, 0.25) is 0 Å². The van der Waals surface area contributed by atoms with Crippen molar-refractivity contribution in [3.05, 3.63) is 0 Å². The van der Waals surface area contributed by atoms with Crippen molar-refractivity contribution >= 4 is 17.3 Å². The molecule has 4 heteroatoms. The van der Waals surface area contributed by atoms with Gasteiger partial charge < -0.3 is 10.5 Å². The number of rotatable bonds is 1. The number of hydrogen-bond acceptors (Lipinski definition) is 4. The van der Waals surface area contributed by atoms with E-state index in [1.165, 1.54) is 0 Å². The van der Waals surface area contributed by atoms with Crippen molar-refractivity contribution in [1.82, 2.24) is 0 Å². The Hall–Kier alpha value is -1.03. The Labute approximate surface area is 137 Å². The van der Waals surface area contributed by atoms with Crippen molar-refractivity contribution in [2.45, 2.75) is 58.3 Å². The van der Waals surface area contributed by atoms with Gasteiger partial charge in [-0.2, -0.15) is 0 Å². The number of Topliss-reactive ketones (excluding diaryl/α,β-unsaturated/α-hetero) is 2. The Morgan fingerprint density at radius 3 is 2.65 bits per heavy atom. The molecule has 4 unspecified atom stereocenters. The van der Waals surface area contributed by atoms with Gasteiger partial charge >= 0.3 is 0 Å². The number of nitrogens with one attached hydrogen (secondary N) is 1. The first-order valence-corrected chi connectivity index (χ1v) is 9.15. The van der Waals surface area contributed by atoms with Crippen LogP contribution in [0.25, 0.3) is 0 Å². The van der Waals surface area contributed by atoms with E-state index in [4.69, 9.17) is 5.41 Å². The number of fused-ring (bicyclic) bond motifs is 5. The minimum atomic E-state index is -0.322. The molecule has 23 heavy (non-hydrogen) atoms. The zero-order valence-electron chi connectivity index (χ0n) is 13.9. The highest BCUT2D eigenvalue weighted by atomic mass is 16.3. The van der Waals surface area contributed by atoms with Crippen molar-refractivity contribution in [1.29, 1.82) is 5.41 Å². The van der Waals surface area contributed by atoms with E-state index >= 15 is 0 Å². The third-order valence-corrected chi connectivity index (χ3v) is 8.04. The van der Waals surface area contributed by atoms with Gasteiger partial charge in [-0.1, -0.05) is 6.92 Å². The first-order valence-electron chi connectivity index (χ1n) is 9.15. The fourth-order valence-electron chi connectivity index (χ4n) is 6.73. The summed E-state index contributed by atoms with van der Waals surface area (Å²) in [5.74, 6) is 1.42. The van der Waals surface area contributed by atoms with E-state index in [1.54, 1.807) is 0 Å². The first-order chi connectivity index (χ1) is 10.9. The molecule has 0 spiro atoms. The Morgan fingerprint density at radius 1 is 1.13 bits per heavy atom. The van der Waals surface area contributed by atoms with Crippen molar-refractivity contribution in [2.24, 2.45) is 34.5 Å². The van der Waals surface area contributed by atoms with Crippen LogP contribution < -0.4 is 0 Å². The molecule has 6 atom stereocenters. The molecule has 0 aliphatic heterocycles. The molecule has 0 aromatic carbocycles. The fourth-order valence-corrected chi connectivity index (χ4v) is 6.73. The van der Waals surface area contributed by atoms with Crippen molar-refractivity contribution in [2.75, 3.05) is 6.61 Å². The van der Waals surface area contributed by atoms with Crippen LogP contribution in [0.3, 0.4) is 0 Å². The molecular formula is C19H27NO3. The molecule has 0 amide bonds. The van der Waals surface area contributed by atoms with Crippen LogP contribution in [0.2, 0.25) is 0 Å². The molecule has 0 heterocycles. The predicted octanol–water partition coefficient (Wildman–Crippen LogP) is 2.77. The molecule has 0 aromatic rings. The lowest BCUT2D eigenvalue weighted by atomic mass is 9.44. The van der Waals surface area contributed by atoms with Crippen LogP contribution in [0, 0.1) is 39.9 Å². The molecule has 4 aliphatic carbocycles. The highest BCUT2D eigenvalue weighted by molar-refractivity contribution is 5.92. The monoisotopic (exact) mass is 317 g/mol. The Balaban J connectivity index is 1.73. The van der Waals surface area contributed by atoms with E-state index in [-0.39, 0.29) is 35.1 Å². The maximum atomic E-state index is 12.9. The van der Waals surface area contributed by atoms with Gasteiger partial charge in [0.25, 0.3) is 0 Å². The summed E-state index contributed by atoms with van der Waals surface area (Å²) >= 11 is 0. The summed E-state index contributed by atoms with van der Waals surface area (Å²) < 4.78 is 0. The lowest BCUT2D eigenvalue weighted by molar-refractivity contribution is -0.160. The molecule has 0 radical (unpaired) electrons. The van der Waals surface area contributed by atoms with E-state index in [9.17, 15) is 14.7 Å². The third-order valence-electron chi connectivity index (χ3n) is 8.04. The molecule has 4 nitrogen and oxygen atoms in total. The summed E-state index contributed by atoms with van der Waals surface area (Å²) in [4.78, 5) is 25.3. The number of ketones is 2. The van der Waals surface area contributed by atoms with Gasteiger partial charge in [-0.25, -0.2) is 0 Å². The highest BCUT2D eigenvalue weighted by Gasteiger charge is 2.63. The normalized spacial score (nSPS) is 49.6. The molecule has 4 aliphatic rings. The van der Waals surface area contributed by atoms with Gasteiger partial charge in [-0.05, 0) is 56.3 Å². The Morgan fingerprint density at radius 2 is 1.91 bits per heavy atom. The zero-order chi connectivity index (χ0) is 16.4. The van der Waals surface area contributed by atoms with Crippen LogP contribution in [0.1, 0.15) is 58.3 Å². The van der Waals surface area contributed by atoms with Crippen molar-refractivity contribution in [3.8, 4) is 0 Å². The van der Waals surface area contributed by atoms with Gasteiger partial charge in [0.05, 0.1) is 0 Å². The third kappa shape index (κ3) is 1.90. The minimum Gasteiger partial charge on any atom is -0.396 e. The maximum absolute atomic E-state index is 12.9. The first kappa shape index (κ1) is 15.5. The van der Waals surface area contributed by atoms with Crippen LogP contribution >= 0.6 is 0 Å². The SMILES string of the molecule is C[C@]12CCC3C(CC(=O)C4CC(=N)CC[C@@]43CO)C1CCC2=O. The Bertz CT molecular complexity index is 585. The summed E-state index contributed by atoms with van der Waals surface area (Å²) in [6.07, 6.45) is 6.07. The van der Waals surface area contributed by atoms with Gasteiger partial charge in [-0.3, -0.25) is 9.59 Å². The summed E-state index contributed by atoms with van der Waals surface area (Å²) in [5, 5.41) is 18.3. The second-order valence-electron chi connectivity index (χ2n) is 8.72. The van der Waals surface area contributed by atoms with Gasteiger partial charge in [0.15, 0.2) is 0 Å². The van der Waals surface area contributed by atoms with Gasteiger partial charge in [0, 0.05) is 41.9 Å². The molecule has 0 saturated heterocycles. The smallest absolute Gasteiger partial charge is 0.139 e. The standard InChI is InChI=1S/C19H27NO3/c1-18-6-5-14-12(13(18)2-3-17(18)23)9-16(22)15-8-11(20)4-7-19(14,15)10-21/h12-15,20-21H,2-10H2,1H3/t12?,13?,14?,15?,18-,19-/m0/s1. The molecule has 4 saturated carbocycles. The fraction of sp³-hybridized carbons (Fsp3) is 0.842. The van der Waals surface area contributed by atoms with E-state index in [0.29, 0.717) is 49.0 Å². The van der Waals surface area contributed by atoms with Crippen molar-refractivity contribution in [3.63, 3.8) is 0 Å². The highest BCUT2D eigenvalue weighted by Crippen LogP contribution is 2.64. The van der Waals surface area contributed by atoms with Crippen molar-refractivity contribution < 1.29 is 14.7 Å². The molecule has 0 bridgehead atoms. The van der Waals surface area contributed by atoms with E-state index in [1.807, 2.05) is 0 Å². The largest absolute Gasteiger partial charge is 0.396 e. The van der Waals surface area contributed by atoms with Gasteiger partial charge in [-0.15, -0.1) is 0 Å². The minimum absolute atomic E-state index is 0.0647. The topological polar surface area (TPSA) is 78.2 Å². The van der Waals surface area contributed by atoms with Crippen LogP contribution in [0.4, 0.5) is 0 Å². The van der Waals surface area contributed by atoms with E-state index in [0.717, 1.165) is 25.7 Å². The van der Waals surface area contributed by atoms with Crippen LogP contribution in [0.5, 0.6) is 0 Å². The zero-order valence-corrected chi connectivity index (χ0v) is 13.9. The van der Waals surface area contributed by atoms with E-state index in [2.05, 4.69) is 6.92 Å². The van der Waals surface area contributed by atoms with Crippen LogP contribution in [0.15, 0.2) is 0 Å². The molecule has 2 N–H and O–H groups in total. The average Bonchev–Trinajstić information content (AvgIpc) is 2.84. The predicted molar refractivity (Wildman–Crippen MR) is 86.3 cm³/mol. The van der Waals surface area contributed by atoms with Gasteiger partial charge in [0.1, 0.15) is 11.6 Å². The molecule has 0 aromatic heterocycles. The summed E-state index contributed by atoms with van der Waals surface area (Å²) in [6, 6.07) is 0. The second kappa shape index (κ2) is 4.98. The molecular weight excluding hydrogens is 290 g/mol. The Kier molecular flexibility index (Phi) is 3.36. The summed E-state index contributed by atoms with van der Waals surface area (Å²) in [5.41, 5.74) is 0.117. The average molecular weight is 317 g/mol. The maximum Gasteiger partial charge on any atom is 0.139 e. The molecule has 4 fully saturated rings. The second-order valence-corrected chi connectivity index (χ2v) is 8.72. The lowest BCUT2D eigenvalue weighted by Gasteiger charge is -2.59. The van der Waals surface area contributed by atoms with E-state index < -0.39 is 0 Å². The number of aliphatic hydroxyl groups is 1. The molecule has 4 rings (SSSR count).